The lowest BCUT2D eigenvalue weighted by Crippen LogP contribution is -2.33. The lowest BCUT2D eigenvalue weighted by atomic mass is 9.66. The van der Waals surface area contributed by atoms with Crippen LogP contribution in [0.5, 0.6) is 46.0 Å². The Kier molecular flexibility index (Phi) is 28.3. The molecule has 23 heteroatoms. The van der Waals surface area contributed by atoms with Crippen LogP contribution in [0.1, 0.15) is 210 Å². The van der Waals surface area contributed by atoms with E-state index in [1.54, 1.807) is 48.5 Å². The van der Waals surface area contributed by atoms with Gasteiger partial charge < -0.3 is 37.9 Å². The molecule has 4 aromatic carbocycles. The molecule has 0 saturated heterocycles. The van der Waals surface area contributed by atoms with E-state index in [0.717, 1.165) is 77.0 Å². The van der Waals surface area contributed by atoms with E-state index in [1.807, 2.05) is 0 Å². The van der Waals surface area contributed by atoms with Crippen LogP contribution in [0.4, 0.5) is 0 Å². The highest BCUT2D eigenvalue weighted by Gasteiger charge is 2.57. The van der Waals surface area contributed by atoms with Crippen molar-refractivity contribution in [1.29, 1.82) is 0 Å². The van der Waals surface area contributed by atoms with Gasteiger partial charge in [-0.3, -0.25) is 49.0 Å². The number of ether oxygens (including phenoxy) is 8. The third kappa shape index (κ3) is 15.8. The van der Waals surface area contributed by atoms with Crippen molar-refractivity contribution >= 4 is 80.6 Å². The molecule has 96 heavy (non-hydrogen) atoms. The summed E-state index contributed by atoms with van der Waals surface area (Å²) in [5.41, 5.74) is 0.360. The Morgan fingerprint density at radius 1 is 0.406 bits per heavy atom. The molecule has 518 valence electrons. The number of hydrogen-bond donors (Lipinski definition) is 0. The number of halogens is 3. The highest BCUT2D eigenvalue weighted by atomic mass is 35.6. The Labute approximate surface area is 576 Å². The Bertz CT molecular complexity index is 3510. The molecule has 0 saturated carbocycles. The zero-order valence-electron chi connectivity index (χ0n) is 56.9. The lowest BCUT2D eigenvalue weighted by Gasteiger charge is -2.36. The molecule has 0 N–H and O–H groups in total. The largest absolute Gasteiger partial charge is 0.493 e. The molecule has 0 amide bonds. The molecule has 0 bridgehead atoms. The summed E-state index contributed by atoms with van der Waals surface area (Å²) in [6.45, 7) is 8.40. The number of rotatable bonds is 34. The van der Waals surface area contributed by atoms with Crippen LogP contribution >= 0.6 is 34.8 Å². The Hall–Kier alpha value is -8.07. The van der Waals surface area contributed by atoms with Crippen LogP contribution in [0.3, 0.4) is 0 Å². The molecule has 0 unspecified atom stereocenters. The molecule has 0 aromatic heterocycles. The van der Waals surface area contributed by atoms with Gasteiger partial charge in [0.25, 0.3) is 0 Å². The summed E-state index contributed by atoms with van der Waals surface area (Å²) in [5.74, 6) is -1.78. The highest BCUT2D eigenvalue weighted by Crippen LogP contribution is 2.63. The average Bonchev–Trinajstić information content (AvgIpc) is 1.53. The van der Waals surface area contributed by atoms with E-state index in [0.29, 0.717) is 140 Å². The van der Waals surface area contributed by atoms with Crippen molar-refractivity contribution in [3.8, 4) is 46.0 Å². The van der Waals surface area contributed by atoms with Crippen LogP contribution in [-0.4, -0.2) is 106 Å². The normalized spacial score (nSPS) is 16.6. The second-order valence-electron chi connectivity index (χ2n) is 23.6. The summed E-state index contributed by atoms with van der Waals surface area (Å²) in [6.07, 6.45) is 17.9. The predicted molar refractivity (Wildman–Crippen MR) is 369 cm³/mol. The van der Waals surface area contributed by atoms with Gasteiger partial charge in [-0.15, -0.1) is 0 Å². The zero-order valence-corrected chi connectivity index (χ0v) is 59.1. The van der Waals surface area contributed by atoms with Crippen molar-refractivity contribution in [2.45, 2.75) is 171 Å². The second-order valence-corrected chi connectivity index (χ2v) is 25.6. The first-order valence-corrected chi connectivity index (χ1v) is 33.8. The fraction of sp³-hybridized carbons (Fsp3) is 0.479. The molecule has 8 rings (SSSR count). The van der Waals surface area contributed by atoms with Gasteiger partial charge in [0, 0.05) is 34.8 Å². The number of alkyl halides is 3. The number of hydrogen-bond acceptors (Lipinski definition) is 18. The summed E-state index contributed by atoms with van der Waals surface area (Å²) in [7, 11) is 11.9. The van der Waals surface area contributed by atoms with Gasteiger partial charge in [-0.05, 0) is 131 Å². The zero-order chi connectivity index (χ0) is 70.8. The molecule has 4 aliphatic rings. The Balaban J connectivity index is 0.000000288. The van der Waals surface area contributed by atoms with E-state index < -0.39 is 59.5 Å². The summed E-state index contributed by atoms with van der Waals surface area (Å²) in [6, 6.07) is 13.5. The van der Waals surface area contributed by atoms with Gasteiger partial charge in [0.05, 0.1) is 77.9 Å². The van der Waals surface area contributed by atoms with Crippen molar-refractivity contribution < 1.29 is 76.5 Å². The maximum absolute atomic E-state index is 14.2. The van der Waals surface area contributed by atoms with Gasteiger partial charge >= 0.3 is 23.0 Å². The lowest BCUT2D eigenvalue weighted by molar-refractivity contribution is -0.417. The number of unbranched alkanes of at least 4 members (excludes halogenated alkanes) is 12. The maximum atomic E-state index is 14.2. The van der Waals surface area contributed by atoms with E-state index in [4.69, 9.17) is 72.7 Å². The molecule has 0 spiro atoms. The van der Waals surface area contributed by atoms with Crippen LogP contribution in [0.2, 0.25) is 0 Å². The third-order valence-electron chi connectivity index (χ3n) is 18.1. The van der Waals surface area contributed by atoms with Gasteiger partial charge in [-0.1, -0.05) is 152 Å². The molecule has 0 radical (unpaired) electrons. The molecule has 0 fully saturated rings. The fourth-order valence-corrected chi connectivity index (χ4v) is 13.6. The minimum Gasteiger partial charge on any atom is -0.493 e. The average molecular weight is 1390 g/mol. The number of nitrogens with zero attached hydrogens (tertiary/aromatic N) is 2. The highest BCUT2D eigenvalue weighted by molar-refractivity contribution is 6.63. The van der Waals surface area contributed by atoms with Crippen molar-refractivity contribution in [3.63, 3.8) is 0 Å². The molecule has 4 aliphatic carbocycles. The van der Waals surface area contributed by atoms with E-state index in [-0.39, 0.29) is 35.6 Å². The van der Waals surface area contributed by atoms with E-state index in [9.17, 15) is 49.0 Å². The Morgan fingerprint density at radius 3 is 0.938 bits per heavy atom. The monoisotopic (exact) mass is 1380 g/mol. The first-order valence-electron chi connectivity index (χ1n) is 32.5. The number of methoxy groups -OCH3 is 8. The van der Waals surface area contributed by atoms with Crippen LogP contribution < -0.4 is 37.9 Å². The van der Waals surface area contributed by atoms with E-state index in [1.165, 1.54) is 69.0 Å². The molecule has 0 aliphatic heterocycles. The van der Waals surface area contributed by atoms with Crippen LogP contribution in [0.25, 0.3) is 11.1 Å². The minimum atomic E-state index is -1.25. The minimum absolute atomic E-state index is 0.0529. The number of benzene rings is 4. The third-order valence-corrected chi connectivity index (χ3v) is 18.1. The SMILES string of the molecule is CCCCCCC(=O)c1cc(OC)c(OC)cc1[C@@]1(CCCCCC)C2=CC(=O)C(=O)C([N+](=O)[O-])=C2c2cc(OC)c(OC)cc21.CCCCCCC(=O)c1cc(OC)c(OC)cc1[C@]1(CCCCCC)C2=CC(=O)C(=O)C([N+](=O)[O-])=C2c2cc(OC)c(OC)cc21.ClC(Cl)Cl. The number of fused-ring (bicyclic) bond motifs is 6. The van der Waals surface area contributed by atoms with Crippen LogP contribution in [0.15, 0.2) is 83.2 Å². The number of nitro groups is 2. The predicted octanol–water partition coefficient (Wildman–Crippen LogP) is 16.4. The van der Waals surface area contributed by atoms with Gasteiger partial charge in [0.15, 0.2) is 61.9 Å². The summed E-state index contributed by atoms with van der Waals surface area (Å²) in [4.78, 5) is 105. The van der Waals surface area contributed by atoms with Crippen molar-refractivity contribution in [3.05, 3.63) is 148 Å². The topological polar surface area (TPSA) is 263 Å². The van der Waals surface area contributed by atoms with Crippen molar-refractivity contribution in [2.24, 2.45) is 0 Å². The molecule has 2 atom stereocenters. The van der Waals surface area contributed by atoms with E-state index in [2.05, 4.69) is 27.7 Å². The number of carbonyl (C=O) groups excluding carboxylic acids is 6. The smallest absolute Gasteiger partial charge is 0.328 e. The Morgan fingerprint density at radius 2 is 0.667 bits per heavy atom. The first kappa shape index (κ1) is 76.9. The maximum Gasteiger partial charge on any atom is 0.328 e. The van der Waals surface area contributed by atoms with Gasteiger partial charge in [0.2, 0.25) is 11.6 Å². The summed E-state index contributed by atoms with van der Waals surface area (Å²) in [5, 5.41) is 25.0. The molecule has 4 aromatic rings. The van der Waals surface area contributed by atoms with Gasteiger partial charge in [0.1, 0.15) is 0 Å². The van der Waals surface area contributed by atoms with Crippen LogP contribution in [0, 0.1) is 20.2 Å². The summed E-state index contributed by atoms with van der Waals surface area (Å²) >= 11 is 14.4. The number of carbonyl (C=O) groups is 6. The standard InChI is InChI=1S/2C36H43NO9.CHCl3/c2*1-7-9-11-13-15-27(38)22-17-29(43-3)31(45-5)20-24(22)36(16-14-12-10-8-2)25-21-32(46-6)30(44-4)18-23(25)33-26(36)19-28(39)35(40)34(33)37(41)42;2-1(3)4/h2*17-21H,7-16H2,1-6H3;1H/t2*36-;/m10./s1. The summed E-state index contributed by atoms with van der Waals surface area (Å²) < 4.78 is 44.5. The number of Topliss-reactive ketones (excluding diaryl/α,β-unsaturated/α-hetero) is 4. The molecular formula is C73H87Cl3N2O18. The van der Waals surface area contributed by atoms with Gasteiger partial charge in [-0.2, -0.15) is 0 Å². The fourth-order valence-electron chi connectivity index (χ4n) is 13.6. The van der Waals surface area contributed by atoms with Gasteiger partial charge in [-0.25, -0.2) is 0 Å². The van der Waals surface area contributed by atoms with Crippen LogP contribution in [-0.2, 0) is 30.0 Å². The first-order chi connectivity index (χ1) is 46.0. The molecule has 20 nitrogen and oxygen atoms in total. The van der Waals surface area contributed by atoms with E-state index >= 15 is 0 Å². The second kappa shape index (κ2) is 35.3. The number of allylic oxidation sites excluding steroid dienone is 8. The number of ketones is 6. The van der Waals surface area contributed by atoms with Crippen molar-refractivity contribution in [1.82, 2.24) is 0 Å². The quantitative estimate of drug-likeness (QED) is 0.00800. The molecular weight excluding hydrogens is 1300 g/mol. The van der Waals surface area contributed by atoms with Crippen molar-refractivity contribution in [2.75, 3.05) is 56.9 Å². The molecule has 0 heterocycles.